The van der Waals surface area contributed by atoms with Gasteiger partial charge in [-0.2, -0.15) is 0 Å². The summed E-state index contributed by atoms with van der Waals surface area (Å²) in [5.41, 5.74) is 11.3. The van der Waals surface area contributed by atoms with Gasteiger partial charge in [-0.3, -0.25) is 4.99 Å². The molecule has 3 aromatic heterocycles. The minimum absolute atomic E-state index is 0.00120. The van der Waals surface area contributed by atoms with Gasteiger partial charge in [0.05, 0.1) is 30.7 Å². The van der Waals surface area contributed by atoms with Crippen molar-refractivity contribution in [1.82, 2.24) is 15.0 Å². The number of hydrogen-bond donors (Lipinski definition) is 3. The zero-order valence-electron chi connectivity index (χ0n) is 22.7. The monoisotopic (exact) mass is 484 g/mol. The lowest BCUT2D eigenvalue weighted by molar-refractivity contribution is 0.118. The van der Waals surface area contributed by atoms with Crippen molar-refractivity contribution in [2.75, 3.05) is 14.2 Å². The Morgan fingerprint density at radius 3 is 2.08 bits per heavy atom. The van der Waals surface area contributed by atoms with E-state index in [9.17, 15) is 0 Å². The summed E-state index contributed by atoms with van der Waals surface area (Å²) in [4.78, 5) is 16.0. The SMILES string of the molecule is COc1c2[nH]c(c1C)C=c1[nH]c(c(C)c1C(C)OC)=CC1=NC(/C=c3\[nH]/c(c(C)c3C)=C\2)C(C)=C1C. The molecular weight excluding hydrogens is 448 g/mol. The normalized spacial score (nSPS) is 19.6. The summed E-state index contributed by atoms with van der Waals surface area (Å²) in [6, 6.07) is 0.00120. The molecule has 0 saturated carbocycles. The first-order valence-electron chi connectivity index (χ1n) is 12.5. The maximum Gasteiger partial charge on any atom is 0.147 e. The largest absolute Gasteiger partial charge is 0.494 e. The predicted molar refractivity (Wildman–Crippen MR) is 147 cm³/mol. The lowest BCUT2D eigenvalue weighted by Gasteiger charge is -2.09. The Bertz CT molecular complexity index is 1690. The van der Waals surface area contributed by atoms with Crippen molar-refractivity contribution in [2.45, 2.75) is 60.6 Å². The maximum absolute atomic E-state index is 5.85. The molecular formula is C30H36N4O2. The molecule has 0 aliphatic carbocycles. The maximum atomic E-state index is 5.85. The Hall–Kier alpha value is -3.51. The first kappa shape index (κ1) is 24.2. The van der Waals surface area contributed by atoms with E-state index in [1.807, 2.05) is 0 Å². The summed E-state index contributed by atoms with van der Waals surface area (Å²) in [5.74, 6) is 0.846. The van der Waals surface area contributed by atoms with E-state index in [-0.39, 0.29) is 12.1 Å². The molecule has 0 radical (unpaired) electrons. The summed E-state index contributed by atoms with van der Waals surface area (Å²) >= 11 is 0. The second-order valence-electron chi connectivity index (χ2n) is 10.0. The van der Waals surface area contributed by atoms with Gasteiger partial charge >= 0.3 is 0 Å². The molecule has 5 rings (SSSR count). The van der Waals surface area contributed by atoms with Crippen LogP contribution in [0.1, 0.15) is 66.1 Å². The summed E-state index contributed by atoms with van der Waals surface area (Å²) in [6.07, 6.45) is 8.66. The van der Waals surface area contributed by atoms with Crippen molar-refractivity contribution in [2.24, 2.45) is 4.99 Å². The number of aliphatic imine (C=N–C) groups is 1. The van der Waals surface area contributed by atoms with E-state index in [0.29, 0.717) is 0 Å². The van der Waals surface area contributed by atoms with E-state index >= 15 is 0 Å². The van der Waals surface area contributed by atoms with Gasteiger partial charge in [0.25, 0.3) is 0 Å². The molecule has 188 valence electrons. The van der Waals surface area contributed by atoms with Crippen LogP contribution in [0.25, 0.3) is 24.3 Å². The van der Waals surface area contributed by atoms with E-state index in [2.05, 4.69) is 87.7 Å². The van der Waals surface area contributed by atoms with Crippen LogP contribution in [-0.4, -0.2) is 40.9 Å². The standard InChI is InChI=1S/C30H36N4O2/c1-14-15(2)23-11-25-18(5)29(20(7)35-8)27(33-25)12-26-19(6)30(36-9)28(34-26)13-24-17(4)16(3)22(32-24)10-21(14)31-23/h10-13,20-21,32-34H,1-9H3/b22-10-,24-13-,25-11?,27-12?. The lowest BCUT2D eigenvalue weighted by atomic mass is 10.0. The van der Waals surface area contributed by atoms with E-state index in [0.717, 1.165) is 55.4 Å². The van der Waals surface area contributed by atoms with E-state index in [1.165, 1.54) is 27.8 Å². The molecule has 36 heavy (non-hydrogen) atoms. The van der Waals surface area contributed by atoms with Crippen LogP contribution in [0.5, 0.6) is 5.75 Å². The van der Waals surface area contributed by atoms with Crippen molar-refractivity contribution in [3.05, 3.63) is 71.7 Å². The van der Waals surface area contributed by atoms with E-state index in [4.69, 9.17) is 14.5 Å². The van der Waals surface area contributed by atoms with Crippen LogP contribution in [0.15, 0.2) is 16.1 Å². The fourth-order valence-electron chi connectivity index (χ4n) is 5.39. The molecule has 0 saturated heterocycles. The summed E-state index contributed by atoms with van der Waals surface area (Å²) in [6.45, 7) is 15.0. The van der Waals surface area contributed by atoms with Crippen LogP contribution in [0.4, 0.5) is 0 Å². The third kappa shape index (κ3) is 3.71. The van der Waals surface area contributed by atoms with Gasteiger partial charge in [0, 0.05) is 45.3 Å². The number of nitrogens with zero attached hydrogens (tertiary/aromatic N) is 1. The first-order chi connectivity index (χ1) is 17.1. The van der Waals surface area contributed by atoms with Crippen molar-refractivity contribution in [1.29, 1.82) is 0 Å². The van der Waals surface area contributed by atoms with Gasteiger partial charge in [0.15, 0.2) is 0 Å². The number of nitrogens with one attached hydrogen (secondary N) is 3. The van der Waals surface area contributed by atoms with Gasteiger partial charge < -0.3 is 24.4 Å². The third-order valence-electron chi connectivity index (χ3n) is 8.11. The van der Waals surface area contributed by atoms with Crippen molar-refractivity contribution < 1.29 is 9.47 Å². The summed E-state index contributed by atoms with van der Waals surface area (Å²) < 4.78 is 11.6. The number of fused-ring (bicyclic) bond motifs is 7. The van der Waals surface area contributed by atoms with Gasteiger partial charge in [-0.25, -0.2) is 0 Å². The highest BCUT2D eigenvalue weighted by Gasteiger charge is 2.22. The summed E-state index contributed by atoms with van der Waals surface area (Å²) in [5, 5.41) is 4.25. The number of aromatic nitrogens is 3. The molecule has 3 N–H and O–H groups in total. The fourth-order valence-corrected chi connectivity index (χ4v) is 5.39. The highest BCUT2D eigenvalue weighted by molar-refractivity contribution is 6.22. The summed E-state index contributed by atoms with van der Waals surface area (Å²) in [7, 11) is 3.48. The molecule has 0 aromatic carbocycles. The Morgan fingerprint density at radius 2 is 1.39 bits per heavy atom. The van der Waals surface area contributed by atoms with Gasteiger partial charge in [0.1, 0.15) is 5.75 Å². The van der Waals surface area contributed by atoms with Crippen molar-refractivity contribution >= 4 is 30.0 Å². The fraction of sp³-hybridized carbons (Fsp3) is 0.367. The highest BCUT2D eigenvalue weighted by Crippen LogP contribution is 2.28. The Kier molecular flexibility index (Phi) is 5.95. The van der Waals surface area contributed by atoms with Gasteiger partial charge in [-0.15, -0.1) is 0 Å². The number of allylic oxidation sites excluding steroid dienone is 1. The lowest BCUT2D eigenvalue weighted by Crippen LogP contribution is -2.16. The number of hydrogen-bond acceptors (Lipinski definition) is 3. The average molecular weight is 485 g/mol. The number of methoxy groups -OCH3 is 2. The van der Waals surface area contributed by atoms with E-state index in [1.54, 1.807) is 14.2 Å². The molecule has 2 aliphatic rings. The van der Waals surface area contributed by atoms with Crippen LogP contribution in [0, 0.1) is 27.7 Å². The molecule has 2 atom stereocenters. The van der Waals surface area contributed by atoms with Crippen LogP contribution in [0.2, 0.25) is 0 Å². The Balaban J connectivity index is 1.92. The molecule has 2 aliphatic heterocycles. The van der Waals surface area contributed by atoms with Crippen LogP contribution in [-0.2, 0) is 4.74 Å². The molecule has 0 fully saturated rings. The molecule has 0 spiro atoms. The number of aromatic amines is 3. The topological polar surface area (TPSA) is 78.2 Å². The molecule has 8 bridgehead atoms. The van der Waals surface area contributed by atoms with Gasteiger partial charge in [-0.1, -0.05) is 0 Å². The molecule has 0 amide bonds. The number of ether oxygens (including phenoxy) is 2. The van der Waals surface area contributed by atoms with Crippen LogP contribution < -0.4 is 26.1 Å². The quantitative estimate of drug-likeness (QED) is 0.535. The zero-order valence-corrected chi connectivity index (χ0v) is 22.7. The number of H-pyrrole nitrogens is 3. The molecule has 5 heterocycles. The minimum atomic E-state index is -0.0624. The zero-order chi connectivity index (χ0) is 25.9. The van der Waals surface area contributed by atoms with Crippen LogP contribution in [0.3, 0.4) is 0 Å². The van der Waals surface area contributed by atoms with Crippen molar-refractivity contribution in [3.63, 3.8) is 0 Å². The first-order valence-corrected chi connectivity index (χ1v) is 12.5. The second-order valence-corrected chi connectivity index (χ2v) is 10.0. The van der Waals surface area contributed by atoms with E-state index < -0.39 is 0 Å². The van der Waals surface area contributed by atoms with Gasteiger partial charge in [0.2, 0.25) is 0 Å². The highest BCUT2D eigenvalue weighted by atomic mass is 16.5. The third-order valence-corrected chi connectivity index (χ3v) is 8.11. The minimum Gasteiger partial charge on any atom is -0.494 e. The van der Waals surface area contributed by atoms with Gasteiger partial charge in [-0.05, 0) is 101 Å². The molecule has 6 nitrogen and oxygen atoms in total. The Morgan fingerprint density at radius 1 is 0.750 bits per heavy atom. The predicted octanol–water partition coefficient (Wildman–Crippen LogP) is 3.01. The van der Waals surface area contributed by atoms with Crippen LogP contribution >= 0.6 is 0 Å². The average Bonchev–Trinajstić information content (AvgIpc) is 3.50. The van der Waals surface area contributed by atoms with Crippen molar-refractivity contribution in [3.8, 4) is 5.75 Å². The number of rotatable bonds is 3. The molecule has 3 aromatic rings. The molecule has 6 heteroatoms. The Labute approximate surface area is 211 Å². The molecule has 2 unspecified atom stereocenters. The second kappa shape index (κ2) is 8.86. The smallest absolute Gasteiger partial charge is 0.147 e.